The van der Waals surface area contributed by atoms with E-state index in [-0.39, 0.29) is 18.0 Å². The number of ether oxygens (including phenoxy) is 2. The number of hydrogen-bond acceptors (Lipinski definition) is 3. The number of rotatable bonds is 4. The van der Waals surface area contributed by atoms with Crippen molar-refractivity contribution < 1.29 is 14.3 Å². The number of benzene rings is 1. The normalized spacial score (nSPS) is 23.1. The van der Waals surface area contributed by atoms with Gasteiger partial charge in [-0.15, -0.1) is 0 Å². The lowest BCUT2D eigenvalue weighted by atomic mass is 9.95. The molecule has 2 rings (SSSR count). The molecule has 0 radical (unpaired) electrons. The van der Waals surface area contributed by atoms with Crippen LogP contribution in [0.4, 0.5) is 0 Å². The van der Waals surface area contributed by atoms with E-state index in [1.165, 1.54) is 0 Å². The van der Waals surface area contributed by atoms with Crippen molar-refractivity contribution in [3.63, 3.8) is 0 Å². The summed E-state index contributed by atoms with van der Waals surface area (Å²) in [5.41, 5.74) is 0.633. The number of Topliss-reactive ketones (excluding diaryl/α,β-unsaturated/α-hetero) is 1. The molecule has 1 aromatic carbocycles. The van der Waals surface area contributed by atoms with Gasteiger partial charge in [0, 0.05) is 18.0 Å². The zero-order valence-corrected chi connectivity index (χ0v) is 12.9. The van der Waals surface area contributed by atoms with Crippen molar-refractivity contribution in [2.24, 2.45) is 0 Å². The molecule has 3 nitrogen and oxygen atoms in total. The summed E-state index contributed by atoms with van der Waals surface area (Å²) in [5.74, 6) is 0.702. The summed E-state index contributed by atoms with van der Waals surface area (Å²) in [6, 6.07) is 5.57. The minimum atomic E-state index is 0.0235. The van der Waals surface area contributed by atoms with Crippen molar-refractivity contribution in [3.8, 4) is 5.75 Å². The van der Waals surface area contributed by atoms with Gasteiger partial charge in [0.05, 0.1) is 11.7 Å². The molecule has 0 saturated heterocycles. The van der Waals surface area contributed by atoms with Crippen LogP contribution in [0.2, 0.25) is 0 Å². The second-order valence-electron chi connectivity index (χ2n) is 4.96. The van der Waals surface area contributed by atoms with Gasteiger partial charge in [-0.2, -0.15) is 0 Å². The largest absolute Gasteiger partial charge is 0.490 e. The second kappa shape index (κ2) is 6.53. The van der Waals surface area contributed by atoms with Crippen LogP contribution in [-0.4, -0.2) is 25.1 Å². The van der Waals surface area contributed by atoms with Crippen molar-refractivity contribution >= 4 is 21.7 Å². The molecule has 0 N–H and O–H groups in total. The Bertz CT molecular complexity index is 459. The summed E-state index contributed by atoms with van der Waals surface area (Å²) in [5, 5.41) is 0. The molecule has 1 aliphatic rings. The van der Waals surface area contributed by atoms with E-state index >= 15 is 0 Å². The fraction of sp³-hybridized carbons (Fsp3) is 0.533. The Hall–Kier alpha value is -0.870. The molecule has 2 unspecified atom stereocenters. The highest BCUT2D eigenvalue weighted by Crippen LogP contribution is 2.29. The van der Waals surface area contributed by atoms with Crippen LogP contribution in [-0.2, 0) is 4.74 Å². The fourth-order valence-corrected chi connectivity index (χ4v) is 2.84. The van der Waals surface area contributed by atoms with Crippen molar-refractivity contribution in [1.82, 2.24) is 0 Å². The molecule has 0 spiro atoms. The van der Waals surface area contributed by atoms with Gasteiger partial charge in [0.25, 0.3) is 0 Å². The number of carbonyl (C=O) groups is 1. The van der Waals surface area contributed by atoms with Gasteiger partial charge in [0.2, 0.25) is 0 Å². The lowest BCUT2D eigenvalue weighted by Crippen LogP contribution is -2.29. The topological polar surface area (TPSA) is 35.5 Å². The van der Waals surface area contributed by atoms with Gasteiger partial charge >= 0.3 is 0 Å². The smallest absolute Gasteiger partial charge is 0.163 e. The fourth-order valence-electron chi connectivity index (χ4n) is 2.48. The van der Waals surface area contributed by atoms with Crippen LogP contribution in [0, 0.1) is 0 Å². The number of ketones is 1. The maximum absolute atomic E-state index is 11.7. The standard InChI is InChI=1S/C15H19BrO3/c1-10(17)14-8-11(16)6-7-15(14)19-13-5-3-4-12(9-13)18-2/h6-8,12-13H,3-5,9H2,1-2H3. The molecular formula is C15H19BrO3. The average molecular weight is 327 g/mol. The van der Waals surface area contributed by atoms with Gasteiger partial charge < -0.3 is 9.47 Å². The minimum Gasteiger partial charge on any atom is -0.490 e. The molecule has 2 atom stereocenters. The van der Waals surface area contributed by atoms with E-state index in [2.05, 4.69) is 15.9 Å². The molecule has 1 aliphatic carbocycles. The predicted molar refractivity (Wildman–Crippen MR) is 77.8 cm³/mol. The third-order valence-corrected chi connectivity index (χ3v) is 4.02. The van der Waals surface area contributed by atoms with Gasteiger partial charge in [0.15, 0.2) is 5.78 Å². The van der Waals surface area contributed by atoms with E-state index in [4.69, 9.17) is 9.47 Å². The third kappa shape index (κ3) is 3.80. The van der Waals surface area contributed by atoms with Crippen molar-refractivity contribution in [3.05, 3.63) is 28.2 Å². The van der Waals surface area contributed by atoms with Crippen LogP contribution in [0.1, 0.15) is 43.0 Å². The van der Waals surface area contributed by atoms with Crippen LogP contribution in [0.5, 0.6) is 5.75 Å². The summed E-state index contributed by atoms with van der Waals surface area (Å²) >= 11 is 3.38. The molecule has 0 aromatic heterocycles. The molecule has 0 aliphatic heterocycles. The van der Waals surface area contributed by atoms with Crippen molar-refractivity contribution in [2.45, 2.75) is 44.8 Å². The van der Waals surface area contributed by atoms with Gasteiger partial charge in [-0.25, -0.2) is 0 Å². The summed E-state index contributed by atoms with van der Waals surface area (Å²) in [6.07, 6.45) is 4.52. The summed E-state index contributed by atoms with van der Waals surface area (Å²) in [4.78, 5) is 11.7. The zero-order chi connectivity index (χ0) is 13.8. The maximum atomic E-state index is 11.7. The molecule has 1 aromatic rings. The van der Waals surface area contributed by atoms with Crippen molar-refractivity contribution in [2.75, 3.05) is 7.11 Å². The Kier molecular flexibility index (Phi) is 4.99. The second-order valence-corrected chi connectivity index (χ2v) is 5.88. The first kappa shape index (κ1) is 14.5. The molecule has 1 saturated carbocycles. The molecule has 4 heteroatoms. The van der Waals surface area contributed by atoms with E-state index in [0.717, 1.165) is 30.2 Å². The van der Waals surface area contributed by atoms with Gasteiger partial charge in [-0.05, 0) is 44.4 Å². The monoisotopic (exact) mass is 326 g/mol. The Morgan fingerprint density at radius 2 is 2.05 bits per heavy atom. The Balaban J connectivity index is 2.12. The molecular weight excluding hydrogens is 308 g/mol. The van der Waals surface area contributed by atoms with E-state index < -0.39 is 0 Å². The van der Waals surface area contributed by atoms with Gasteiger partial charge in [-0.3, -0.25) is 4.79 Å². The van der Waals surface area contributed by atoms with Crippen LogP contribution in [0.3, 0.4) is 0 Å². The maximum Gasteiger partial charge on any atom is 0.163 e. The summed E-state index contributed by atoms with van der Waals surface area (Å²) in [6.45, 7) is 1.56. The highest BCUT2D eigenvalue weighted by molar-refractivity contribution is 9.10. The summed E-state index contributed by atoms with van der Waals surface area (Å²) in [7, 11) is 1.74. The molecule has 0 heterocycles. The van der Waals surface area contributed by atoms with E-state index in [1.54, 1.807) is 14.0 Å². The lowest BCUT2D eigenvalue weighted by Gasteiger charge is -2.29. The summed E-state index contributed by atoms with van der Waals surface area (Å²) < 4.78 is 12.3. The first-order chi connectivity index (χ1) is 9.10. The predicted octanol–water partition coefficient (Wildman–Crippen LogP) is 3.99. The molecule has 0 amide bonds. The number of halogens is 1. The molecule has 104 valence electrons. The SMILES string of the molecule is COC1CCCC(Oc2ccc(Br)cc2C(C)=O)C1. The number of hydrogen-bond donors (Lipinski definition) is 0. The Morgan fingerprint density at radius 1 is 1.32 bits per heavy atom. The number of carbonyl (C=O) groups excluding carboxylic acids is 1. The third-order valence-electron chi connectivity index (χ3n) is 3.53. The lowest BCUT2D eigenvalue weighted by molar-refractivity contribution is 0.0207. The molecule has 19 heavy (non-hydrogen) atoms. The van der Waals surface area contributed by atoms with Crippen molar-refractivity contribution in [1.29, 1.82) is 0 Å². The Morgan fingerprint density at radius 3 is 2.74 bits per heavy atom. The first-order valence-electron chi connectivity index (χ1n) is 6.60. The molecule has 0 bridgehead atoms. The van der Waals surface area contributed by atoms with E-state index in [1.807, 2.05) is 18.2 Å². The minimum absolute atomic E-state index is 0.0235. The first-order valence-corrected chi connectivity index (χ1v) is 7.39. The van der Waals surface area contributed by atoms with Crippen LogP contribution >= 0.6 is 15.9 Å². The van der Waals surface area contributed by atoms with Crippen LogP contribution in [0.15, 0.2) is 22.7 Å². The van der Waals surface area contributed by atoms with Gasteiger partial charge in [-0.1, -0.05) is 15.9 Å². The van der Waals surface area contributed by atoms with E-state index in [9.17, 15) is 4.79 Å². The quantitative estimate of drug-likeness (QED) is 0.785. The average Bonchev–Trinajstić information content (AvgIpc) is 2.41. The zero-order valence-electron chi connectivity index (χ0n) is 11.3. The number of methoxy groups -OCH3 is 1. The highest BCUT2D eigenvalue weighted by Gasteiger charge is 2.24. The van der Waals surface area contributed by atoms with E-state index in [0.29, 0.717) is 11.3 Å². The highest BCUT2D eigenvalue weighted by atomic mass is 79.9. The van der Waals surface area contributed by atoms with Crippen LogP contribution < -0.4 is 4.74 Å². The Labute approximate surface area is 122 Å². The molecule has 1 fully saturated rings. The van der Waals surface area contributed by atoms with Gasteiger partial charge in [0.1, 0.15) is 11.9 Å². The van der Waals surface area contributed by atoms with Crippen LogP contribution in [0.25, 0.3) is 0 Å².